The van der Waals surface area contributed by atoms with Gasteiger partial charge in [-0.1, -0.05) is 127 Å². The van der Waals surface area contributed by atoms with Crippen LogP contribution in [0.15, 0.2) is 206 Å². The number of thiophene rings is 1. The Kier molecular flexibility index (Phi) is 7.39. The summed E-state index contributed by atoms with van der Waals surface area (Å²) in [5, 5.41) is 7.64. The number of anilines is 3. The lowest BCUT2D eigenvalue weighted by Gasteiger charge is -2.27. The quantitative estimate of drug-likeness (QED) is 0.166. The predicted molar refractivity (Wildman–Crippen MR) is 237 cm³/mol. The van der Waals surface area contributed by atoms with E-state index in [2.05, 4.69) is 216 Å². The Bertz CT molecular complexity index is 3180. The lowest BCUT2D eigenvalue weighted by Crippen LogP contribution is -2.10. The second-order valence-corrected chi connectivity index (χ2v) is 15.2. The van der Waals surface area contributed by atoms with Gasteiger partial charge in [0.25, 0.3) is 0 Å². The van der Waals surface area contributed by atoms with Gasteiger partial charge in [0.1, 0.15) is 0 Å². The topological polar surface area (TPSA) is 8.17 Å². The standard InChI is InChI=1S/C52H34N2S/c1-3-12-35(13-4-1)36-24-28-42(29-25-36)53(48-19-11-20-49-52(48)45-17-7-9-18-47(45)54(49)41-14-5-2-6-15-41)43-30-26-37(27-31-43)38-22-23-39-34-51-46(33-40(39)32-38)44-16-8-10-21-50(44)55-51/h1-34H. The highest BCUT2D eigenvalue weighted by Gasteiger charge is 2.21. The summed E-state index contributed by atoms with van der Waals surface area (Å²) in [5.74, 6) is 0. The molecule has 0 unspecified atom stereocenters. The zero-order valence-electron chi connectivity index (χ0n) is 29.9. The van der Waals surface area contributed by atoms with E-state index in [-0.39, 0.29) is 0 Å². The first-order valence-electron chi connectivity index (χ1n) is 18.8. The Morgan fingerprint density at radius 2 is 0.964 bits per heavy atom. The summed E-state index contributed by atoms with van der Waals surface area (Å²) in [5.41, 5.74) is 11.7. The molecular formula is C52H34N2S. The molecule has 258 valence electrons. The second-order valence-electron chi connectivity index (χ2n) is 14.2. The summed E-state index contributed by atoms with van der Waals surface area (Å²) in [4.78, 5) is 2.42. The maximum Gasteiger partial charge on any atom is 0.0562 e. The van der Waals surface area contributed by atoms with Gasteiger partial charge in [-0.05, 0) is 112 Å². The van der Waals surface area contributed by atoms with Crippen LogP contribution in [0.4, 0.5) is 17.1 Å². The van der Waals surface area contributed by atoms with Crippen LogP contribution in [-0.4, -0.2) is 4.57 Å². The molecule has 0 aliphatic carbocycles. The predicted octanol–water partition coefficient (Wildman–Crippen LogP) is 15.1. The Hall–Kier alpha value is -6.94. The monoisotopic (exact) mass is 718 g/mol. The minimum absolute atomic E-state index is 1.10. The van der Waals surface area contributed by atoms with Crippen LogP contribution in [0, 0.1) is 0 Å². The molecule has 0 spiro atoms. The van der Waals surface area contributed by atoms with Crippen LogP contribution < -0.4 is 4.90 Å². The van der Waals surface area contributed by atoms with E-state index in [4.69, 9.17) is 0 Å². The Morgan fingerprint density at radius 3 is 1.73 bits per heavy atom. The average Bonchev–Trinajstić information content (AvgIpc) is 3.79. The van der Waals surface area contributed by atoms with E-state index < -0.39 is 0 Å². The van der Waals surface area contributed by atoms with E-state index in [9.17, 15) is 0 Å². The zero-order valence-corrected chi connectivity index (χ0v) is 30.7. The van der Waals surface area contributed by atoms with Crippen LogP contribution in [0.2, 0.25) is 0 Å². The molecule has 0 N–H and O–H groups in total. The second kappa shape index (κ2) is 12.9. The first-order chi connectivity index (χ1) is 27.3. The van der Waals surface area contributed by atoms with E-state index in [1.54, 1.807) is 0 Å². The molecule has 11 aromatic rings. The molecule has 0 bridgehead atoms. The van der Waals surface area contributed by atoms with Crippen molar-refractivity contribution in [1.82, 2.24) is 4.57 Å². The van der Waals surface area contributed by atoms with E-state index in [0.29, 0.717) is 0 Å². The molecule has 0 saturated carbocycles. The summed E-state index contributed by atoms with van der Waals surface area (Å²) >= 11 is 1.87. The number of benzene rings is 9. The fourth-order valence-electron chi connectivity index (χ4n) is 8.35. The Morgan fingerprint density at radius 1 is 0.364 bits per heavy atom. The maximum atomic E-state index is 2.42. The summed E-state index contributed by atoms with van der Waals surface area (Å²) < 4.78 is 5.06. The first kappa shape index (κ1) is 31.6. The number of para-hydroxylation sites is 2. The van der Waals surface area contributed by atoms with Crippen molar-refractivity contribution in [2.75, 3.05) is 4.90 Å². The molecule has 2 aromatic heterocycles. The molecular weight excluding hydrogens is 685 g/mol. The SMILES string of the molecule is c1ccc(-c2ccc(N(c3ccc(-c4ccc5cc6sc7ccccc7c6cc5c4)cc3)c3cccc4c3c3ccccc3n4-c3ccccc3)cc2)cc1. The fraction of sp³-hybridized carbons (Fsp3) is 0. The molecule has 2 nitrogen and oxygen atoms in total. The molecule has 0 fully saturated rings. The van der Waals surface area contributed by atoms with Gasteiger partial charge in [-0.25, -0.2) is 0 Å². The molecule has 0 aliphatic rings. The van der Waals surface area contributed by atoms with Gasteiger partial charge < -0.3 is 9.47 Å². The molecule has 0 amide bonds. The molecule has 3 heteroatoms. The normalized spacial score (nSPS) is 11.6. The largest absolute Gasteiger partial charge is 0.310 e. The molecule has 2 heterocycles. The molecule has 0 radical (unpaired) electrons. The van der Waals surface area contributed by atoms with E-state index >= 15 is 0 Å². The third kappa shape index (κ3) is 5.32. The van der Waals surface area contributed by atoms with Gasteiger partial charge in [0.15, 0.2) is 0 Å². The van der Waals surface area contributed by atoms with Crippen LogP contribution in [0.5, 0.6) is 0 Å². The van der Waals surface area contributed by atoms with Crippen molar-refractivity contribution in [2.45, 2.75) is 0 Å². The highest BCUT2D eigenvalue weighted by Crippen LogP contribution is 2.45. The van der Waals surface area contributed by atoms with Crippen LogP contribution in [0.1, 0.15) is 0 Å². The third-order valence-corrected chi connectivity index (χ3v) is 12.1. The molecule has 9 aromatic carbocycles. The Labute approximate surface area is 323 Å². The molecule has 11 rings (SSSR count). The molecule has 0 saturated heterocycles. The zero-order chi connectivity index (χ0) is 36.3. The highest BCUT2D eigenvalue weighted by molar-refractivity contribution is 7.25. The summed E-state index contributed by atoms with van der Waals surface area (Å²) in [6.45, 7) is 0. The van der Waals surface area contributed by atoms with Gasteiger partial charge in [0, 0.05) is 48.0 Å². The number of hydrogen-bond donors (Lipinski definition) is 0. The van der Waals surface area contributed by atoms with Gasteiger partial charge in [-0.15, -0.1) is 11.3 Å². The van der Waals surface area contributed by atoms with Gasteiger partial charge >= 0.3 is 0 Å². The fourth-order valence-corrected chi connectivity index (χ4v) is 9.49. The van der Waals surface area contributed by atoms with Gasteiger partial charge in [-0.3, -0.25) is 0 Å². The van der Waals surface area contributed by atoms with Crippen LogP contribution >= 0.6 is 11.3 Å². The van der Waals surface area contributed by atoms with Gasteiger partial charge in [0.2, 0.25) is 0 Å². The van der Waals surface area contributed by atoms with Crippen molar-refractivity contribution in [3.8, 4) is 27.9 Å². The maximum absolute atomic E-state index is 2.42. The van der Waals surface area contributed by atoms with Crippen LogP contribution in [-0.2, 0) is 0 Å². The Balaban J connectivity index is 1.06. The van der Waals surface area contributed by atoms with E-state index in [1.807, 2.05) is 11.3 Å². The third-order valence-electron chi connectivity index (χ3n) is 11.0. The summed E-state index contributed by atoms with van der Waals surface area (Å²) in [7, 11) is 0. The smallest absolute Gasteiger partial charge is 0.0562 e. The van der Waals surface area contributed by atoms with Gasteiger partial charge in [-0.2, -0.15) is 0 Å². The van der Waals surface area contributed by atoms with Crippen molar-refractivity contribution in [3.63, 3.8) is 0 Å². The van der Waals surface area contributed by atoms with Crippen molar-refractivity contribution < 1.29 is 0 Å². The lowest BCUT2D eigenvalue weighted by atomic mass is 9.99. The average molecular weight is 719 g/mol. The van der Waals surface area contributed by atoms with E-state index in [0.717, 1.165) is 22.7 Å². The number of fused-ring (bicyclic) bond motifs is 7. The van der Waals surface area contributed by atoms with Crippen molar-refractivity contribution in [1.29, 1.82) is 0 Å². The first-order valence-corrected chi connectivity index (χ1v) is 19.6. The van der Waals surface area contributed by atoms with Gasteiger partial charge in [0.05, 0.1) is 16.7 Å². The lowest BCUT2D eigenvalue weighted by molar-refractivity contribution is 1.18. The minimum atomic E-state index is 1.10. The number of nitrogens with zero attached hydrogens (tertiary/aromatic N) is 2. The highest BCUT2D eigenvalue weighted by atomic mass is 32.1. The number of aromatic nitrogens is 1. The molecule has 55 heavy (non-hydrogen) atoms. The summed E-state index contributed by atoms with van der Waals surface area (Å²) in [6, 6.07) is 75.2. The van der Waals surface area contributed by atoms with Crippen LogP contribution in [0.3, 0.4) is 0 Å². The minimum Gasteiger partial charge on any atom is -0.310 e. The van der Waals surface area contributed by atoms with Crippen molar-refractivity contribution in [2.24, 2.45) is 0 Å². The van der Waals surface area contributed by atoms with E-state index in [1.165, 1.54) is 75.0 Å². The number of hydrogen-bond acceptors (Lipinski definition) is 2. The van der Waals surface area contributed by atoms with Crippen LogP contribution in [0.25, 0.3) is 80.7 Å². The summed E-state index contributed by atoms with van der Waals surface area (Å²) in [6.07, 6.45) is 0. The molecule has 0 atom stereocenters. The molecule has 0 aliphatic heterocycles. The van der Waals surface area contributed by atoms with Crippen molar-refractivity contribution in [3.05, 3.63) is 206 Å². The van der Waals surface area contributed by atoms with Crippen molar-refractivity contribution >= 4 is 81.1 Å². The number of rotatable bonds is 6.